The van der Waals surface area contributed by atoms with Gasteiger partial charge in [-0.05, 0) is 18.8 Å². The molecule has 1 heterocycles. The molecule has 1 rings (SSSR count). The van der Waals surface area contributed by atoms with Crippen LogP contribution in [-0.2, 0) is 9.53 Å². The van der Waals surface area contributed by atoms with Crippen LogP contribution < -0.4 is 0 Å². The lowest BCUT2D eigenvalue weighted by atomic mass is 9.99. The number of halogens is 1. The van der Waals surface area contributed by atoms with Crippen molar-refractivity contribution in [1.82, 2.24) is 0 Å². The third kappa shape index (κ3) is 1.53. The fourth-order valence-corrected chi connectivity index (χ4v) is 1.25. The van der Waals surface area contributed by atoms with Crippen molar-refractivity contribution < 1.29 is 13.9 Å². The first-order valence-corrected chi connectivity index (χ1v) is 3.51. The zero-order valence-corrected chi connectivity index (χ0v) is 5.75. The van der Waals surface area contributed by atoms with Crippen LogP contribution in [0.2, 0.25) is 0 Å². The standard InChI is InChI=1S/C7H11FO2/c8-3-1-6-2-4-10-7(6)5-9/h5-7H,1-4H2. The van der Waals surface area contributed by atoms with E-state index in [1.165, 1.54) is 0 Å². The lowest BCUT2D eigenvalue weighted by Gasteiger charge is -2.08. The van der Waals surface area contributed by atoms with Gasteiger partial charge in [-0.1, -0.05) is 0 Å². The van der Waals surface area contributed by atoms with Crippen molar-refractivity contribution in [3.05, 3.63) is 0 Å². The summed E-state index contributed by atoms with van der Waals surface area (Å²) in [6.07, 6.45) is 1.72. The molecule has 1 aliphatic rings. The maximum Gasteiger partial charge on any atom is 0.149 e. The van der Waals surface area contributed by atoms with Crippen LogP contribution in [0, 0.1) is 5.92 Å². The van der Waals surface area contributed by atoms with Crippen molar-refractivity contribution >= 4 is 6.29 Å². The molecule has 2 unspecified atom stereocenters. The summed E-state index contributed by atoms with van der Waals surface area (Å²) in [5, 5.41) is 0. The Morgan fingerprint density at radius 1 is 1.70 bits per heavy atom. The van der Waals surface area contributed by atoms with Gasteiger partial charge in [-0.15, -0.1) is 0 Å². The molecule has 1 aliphatic heterocycles. The molecule has 0 aromatic rings. The molecule has 0 N–H and O–H groups in total. The maximum atomic E-state index is 11.8. The molecule has 58 valence electrons. The first-order valence-electron chi connectivity index (χ1n) is 3.51. The van der Waals surface area contributed by atoms with Crippen molar-refractivity contribution in [2.45, 2.75) is 18.9 Å². The number of aldehydes is 1. The summed E-state index contributed by atoms with van der Waals surface area (Å²) in [5.74, 6) is 0.127. The zero-order chi connectivity index (χ0) is 7.40. The van der Waals surface area contributed by atoms with E-state index in [1.54, 1.807) is 0 Å². The van der Waals surface area contributed by atoms with E-state index in [0.29, 0.717) is 13.0 Å². The number of rotatable bonds is 3. The Hall–Kier alpha value is -0.440. The van der Waals surface area contributed by atoms with E-state index in [2.05, 4.69) is 0 Å². The molecule has 0 radical (unpaired) electrons. The Kier molecular flexibility index (Phi) is 2.81. The Balaban J connectivity index is 2.34. The van der Waals surface area contributed by atoms with Crippen LogP contribution in [0.4, 0.5) is 4.39 Å². The van der Waals surface area contributed by atoms with E-state index in [1.807, 2.05) is 0 Å². The van der Waals surface area contributed by atoms with Crippen molar-refractivity contribution in [3.8, 4) is 0 Å². The highest BCUT2D eigenvalue weighted by Crippen LogP contribution is 2.22. The minimum atomic E-state index is -0.349. The van der Waals surface area contributed by atoms with Gasteiger partial charge in [-0.25, -0.2) is 0 Å². The summed E-state index contributed by atoms with van der Waals surface area (Å²) in [5.41, 5.74) is 0. The SMILES string of the molecule is O=CC1OCCC1CCF. The summed E-state index contributed by atoms with van der Waals surface area (Å²) >= 11 is 0. The fraction of sp³-hybridized carbons (Fsp3) is 0.857. The quantitative estimate of drug-likeness (QED) is 0.554. The summed E-state index contributed by atoms with van der Waals surface area (Å²) in [6, 6.07) is 0. The van der Waals surface area contributed by atoms with Gasteiger partial charge in [0.2, 0.25) is 0 Å². The second-order valence-corrected chi connectivity index (χ2v) is 2.50. The molecule has 0 amide bonds. The van der Waals surface area contributed by atoms with Gasteiger partial charge in [0, 0.05) is 6.61 Å². The molecule has 1 fully saturated rings. The minimum absolute atomic E-state index is 0.127. The maximum absolute atomic E-state index is 11.8. The summed E-state index contributed by atoms with van der Waals surface area (Å²) < 4.78 is 16.8. The van der Waals surface area contributed by atoms with Crippen molar-refractivity contribution in [2.24, 2.45) is 5.92 Å². The number of carbonyl (C=O) groups is 1. The molecule has 2 nitrogen and oxygen atoms in total. The van der Waals surface area contributed by atoms with Gasteiger partial charge >= 0.3 is 0 Å². The molecule has 3 heteroatoms. The van der Waals surface area contributed by atoms with Gasteiger partial charge in [0.15, 0.2) is 0 Å². The number of hydrogen-bond acceptors (Lipinski definition) is 2. The molecule has 2 atom stereocenters. The number of carbonyl (C=O) groups excluding carboxylic acids is 1. The number of alkyl halides is 1. The van der Waals surface area contributed by atoms with Gasteiger partial charge in [-0.2, -0.15) is 0 Å². The molecular weight excluding hydrogens is 135 g/mol. The number of hydrogen-bond donors (Lipinski definition) is 0. The number of ether oxygens (including phenoxy) is 1. The van der Waals surface area contributed by atoms with Crippen LogP contribution in [0.15, 0.2) is 0 Å². The molecule has 0 bridgehead atoms. The average Bonchev–Trinajstić information content (AvgIpc) is 2.36. The highest BCUT2D eigenvalue weighted by molar-refractivity contribution is 5.57. The van der Waals surface area contributed by atoms with Crippen LogP contribution in [0.1, 0.15) is 12.8 Å². The predicted molar refractivity (Wildman–Crippen MR) is 34.5 cm³/mol. The van der Waals surface area contributed by atoms with Crippen molar-refractivity contribution in [3.63, 3.8) is 0 Å². The molecule has 1 saturated heterocycles. The first kappa shape index (κ1) is 7.66. The second-order valence-electron chi connectivity index (χ2n) is 2.50. The summed E-state index contributed by atoms with van der Waals surface area (Å²) in [4.78, 5) is 10.2. The van der Waals surface area contributed by atoms with Gasteiger partial charge < -0.3 is 9.53 Å². The minimum Gasteiger partial charge on any atom is -0.370 e. The van der Waals surface area contributed by atoms with E-state index in [4.69, 9.17) is 4.74 Å². The third-order valence-corrected chi connectivity index (χ3v) is 1.88. The Labute approximate surface area is 59.4 Å². The summed E-state index contributed by atoms with van der Waals surface area (Å²) in [7, 11) is 0. The summed E-state index contributed by atoms with van der Waals surface area (Å²) in [6.45, 7) is 0.256. The second kappa shape index (κ2) is 3.66. The van der Waals surface area contributed by atoms with E-state index in [9.17, 15) is 9.18 Å². The molecule has 0 spiro atoms. The van der Waals surface area contributed by atoms with Gasteiger partial charge in [0.05, 0.1) is 6.67 Å². The van der Waals surface area contributed by atoms with Crippen molar-refractivity contribution in [2.75, 3.05) is 13.3 Å². The van der Waals surface area contributed by atoms with E-state index < -0.39 is 0 Å². The van der Waals surface area contributed by atoms with Crippen LogP contribution >= 0.6 is 0 Å². The molecule has 0 aromatic carbocycles. The molecular formula is C7H11FO2. The lowest BCUT2D eigenvalue weighted by Crippen LogP contribution is -2.17. The van der Waals surface area contributed by atoms with Crippen LogP contribution in [0.5, 0.6) is 0 Å². The van der Waals surface area contributed by atoms with Gasteiger partial charge in [0.1, 0.15) is 12.4 Å². The smallest absolute Gasteiger partial charge is 0.149 e. The molecule has 0 aromatic heterocycles. The highest BCUT2D eigenvalue weighted by atomic mass is 19.1. The topological polar surface area (TPSA) is 26.3 Å². The fourth-order valence-electron chi connectivity index (χ4n) is 1.25. The molecule has 0 saturated carbocycles. The van der Waals surface area contributed by atoms with Crippen molar-refractivity contribution in [1.29, 1.82) is 0 Å². The molecule has 0 aliphatic carbocycles. The predicted octanol–water partition coefficient (Wildman–Crippen LogP) is 0.950. The zero-order valence-electron chi connectivity index (χ0n) is 5.75. The normalized spacial score (nSPS) is 32.5. The van der Waals surface area contributed by atoms with Crippen LogP contribution in [-0.4, -0.2) is 25.7 Å². The van der Waals surface area contributed by atoms with E-state index >= 15 is 0 Å². The van der Waals surface area contributed by atoms with Gasteiger partial charge in [0.25, 0.3) is 0 Å². The monoisotopic (exact) mass is 146 g/mol. The largest absolute Gasteiger partial charge is 0.370 e. The lowest BCUT2D eigenvalue weighted by molar-refractivity contribution is -0.117. The Morgan fingerprint density at radius 3 is 3.10 bits per heavy atom. The van der Waals surface area contributed by atoms with E-state index in [-0.39, 0.29) is 18.7 Å². The Bertz CT molecular complexity index is 116. The van der Waals surface area contributed by atoms with E-state index in [0.717, 1.165) is 12.7 Å². The molecule has 10 heavy (non-hydrogen) atoms. The first-order chi connectivity index (χ1) is 4.88. The van der Waals surface area contributed by atoms with Crippen LogP contribution in [0.25, 0.3) is 0 Å². The van der Waals surface area contributed by atoms with Gasteiger partial charge in [-0.3, -0.25) is 4.39 Å². The average molecular weight is 146 g/mol. The van der Waals surface area contributed by atoms with Crippen LogP contribution in [0.3, 0.4) is 0 Å². The highest BCUT2D eigenvalue weighted by Gasteiger charge is 2.26. The third-order valence-electron chi connectivity index (χ3n) is 1.88. The Morgan fingerprint density at radius 2 is 2.50 bits per heavy atom.